The predicted molar refractivity (Wildman–Crippen MR) is 116 cm³/mol. The van der Waals surface area contributed by atoms with Crippen molar-refractivity contribution >= 4 is 21.9 Å². The maximum atomic E-state index is 12.5. The van der Waals surface area contributed by atoms with Gasteiger partial charge in [0.1, 0.15) is 0 Å². The summed E-state index contributed by atoms with van der Waals surface area (Å²) in [6, 6.07) is 19.7. The Bertz CT molecular complexity index is 1250. The molecule has 0 radical (unpaired) electrons. The summed E-state index contributed by atoms with van der Waals surface area (Å²) in [5, 5.41) is 13.7. The summed E-state index contributed by atoms with van der Waals surface area (Å²) in [4.78, 5) is 0.202. The van der Waals surface area contributed by atoms with Crippen LogP contribution in [0.4, 0.5) is 0 Å². The van der Waals surface area contributed by atoms with Crippen molar-refractivity contribution in [1.82, 2.24) is 5.43 Å². The highest BCUT2D eigenvalue weighted by Gasteiger charge is 2.28. The predicted octanol–water partition coefficient (Wildman–Crippen LogP) is 3.18. The molecule has 0 saturated heterocycles. The fraction of sp³-hybridized carbons (Fsp3) is 0.0909. The van der Waals surface area contributed by atoms with Crippen molar-refractivity contribution in [1.29, 1.82) is 0 Å². The quantitative estimate of drug-likeness (QED) is 0.470. The molecule has 2 N–H and O–H groups in total. The van der Waals surface area contributed by atoms with Crippen molar-refractivity contribution in [2.75, 3.05) is 13.7 Å². The van der Waals surface area contributed by atoms with E-state index in [2.05, 4.69) is 14.9 Å². The zero-order valence-corrected chi connectivity index (χ0v) is 16.9. The second-order valence-corrected chi connectivity index (χ2v) is 8.19. The summed E-state index contributed by atoms with van der Waals surface area (Å²) in [5.74, 6) is 0.382. The van der Waals surface area contributed by atoms with Crippen molar-refractivity contribution in [3.05, 3.63) is 77.9 Å². The number of benzene rings is 3. The lowest BCUT2D eigenvalue weighted by atomic mass is 10.0. The van der Waals surface area contributed by atoms with E-state index >= 15 is 0 Å². The molecule has 0 unspecified atom stereocenters. The lowest BCUT2D eigenvalue weighted by Gasteiger charge is -2.06. The van der Waals surface area contributed by atoms with Gasteiger partial charge in [-0.2, -0.15) is 17.9 Å². The Morgan fingerprint density at radius 3 is 2.63 bits per heavy atom. The zero-order chi connectivity index (χ0) is 21.1. The number of nitrogens with zero attached hydrogens (tertiary/aromatic N) is 2. The molecule has 30 heavy (non-hydrogen) atoms. The first-order chi connectivity index (χ1) is 14.5. The molecular weight excluding hydrogens is 402 g/mol. The highest BCUT2D eigenvalue weighted by Crippen LogP contribution is 2.31. The molecule has 0 spiro atoms. The van der Waals surface area contributed by atoms with Crippen molar-refractivity contribution in [2.45, 2.75) is 4.90 Å². The van der Waals surface area contributed by atoms with Gasteiger partial charge in [-0.05, 0) is 41.0 Å². The van der Waals surface area contributed by atoms with Gasteiger partial charge in [0, 0.05) is 5.56 Å². The van der Waals surface area contributed by atoms with Gasteiger partial charge in [0.25, 0.3) is 10.0 Å². The molecule has 7 nitrogen and oxygen atoms in total. The number of sulfonamides is 1. The maximum absolute atomic E-state index is 12.5. The van der Waals surface area contributed by atoms with Gasteiger partial charge < -0.3 is 15.3 Å². The van der Waals surface area contributed by atoms with Crippen molar-refractivity contribution < 1.29 is 18.3 Å². The van der Waals surface area contributed by atoms with E-state index in [4.69, 9.17) is 4.74 Å². The molecule has 8 heteroatoms. The van der Waals surface area contributed by atoms with Crippen LogP contribution in [-0.2, 0) is 10.0 Å². The fourth-order valence-corrected chi connectivity index (χ4v) is 4.46. The molecule has 4 rings (SSSR count). The van der Waals surface area contributed by atoms with Gasteiger partial charge >= 0.3 is 0 Å². The van der Waals surface area contributed by atoms with E-state index in [1.54, 1.807) is 30.5 Å². The first-order valence-electron chi connectivity index (χ1n) is 9.14. The molecule has 3 aromatic carbocycles. The van der Waals surface area contributed by atoms with Gasteiger partial charge in [-0.25, -0.2) is 0 Å². The average molecular weight is 421 g/mol. The van der Waals surface area contributed by atoms with Crippen LogP contribution < -0.4 is 10.2 Å². The minimum absolute atomic E-state index is 0.0413. The number of hydrogen-bond acceptors (Lipinski definition) is 6. The Labute approximate surface area is 174 Å². The second-order valence-electron chi connectivity index (χ2n) is 6.61. The largest absolute Gasteiger partial charge is 0.504 e. The number of nitrogens with one attached hydrogen (secondary N) is 1. The Balaban J connectivity index is 1.50. The van der Waals surface area contributed by atoms with E-state index in [9.17, 15) is 13.5 Å². The minimum Gasteiger partial charge on any atom is -0.504 e. The number of phenolic OH excluding ortho intramolecular Hbond substituents is 1. The molecule has 0 atom stereocenters. The SMILES string of the molecule is COc1cc(/C=N/NCC2=NS(=O)(=O)c3cc(-c4ccccc4)ccc32)ccc1O. The van der Waals surface area contributed by atoms with E-state index < -0.39 is 10.0 Å². The van der Waals surface area contributed by atoms with Gasteiger partial charge in [0.15, 0.2) is 11.5 Å². The van der Waals surface area contributed by atoms with Crippen LogP contribution in [0.15, 0.2) is 81.1 Å². The average Bonchev–Trinajstić information content (AvgIpc) is 3.02. The normalized spacial score (nSPS) is 14.4. The molecular formula is C22H19N3O4S. The third kappa shape index (κ3) is 3.90. The number of methoxy groups -OCH3 is 1. The topological polar surface area (TPSA) is 100 Å². The number of rotatable bonds is 6. The molecule has 152 valence electrons. The number of ether oxygens (including phenoxy) is 1. The van der Waals surface area contributed by atoms with E-state index in [-0.39, 0.29) is 17.2 Å². The molecule has 0 fully saturated rings. The van der Waals surface area contributed by atoms with Crippen LogP contribution in [0.1, 0.15) is 11.1 Å². The molecule has 1 aliphatic heterocycles. The summed E-state index contributed by atoms with van der Waals surface area (Å²) in [5.41, 5.74) is 6.28. The van der Waals surface area contributed by atoms with Gasteiger partial charge in [-0.3, -0.25) is 0 Å². The smallest absolute Gasteiger partial charge is 0.283 e. The third-order valence-electron chi connectivity index (χ3n) is 4.66. The monoisotopic (exact) mass is 421 g/mol. The summed E-state index contributed by atoms with van der Waals surface area (Å²) < 4.78 is 34.0. The fourth-order valence-electron chi connectivity index (χ4n) is 3.17. The van der Waals surface area contributed by atoms with Crippen LogP contribution in [0, 0.1) is 0 Å². The number of phenols is 1. The van der Waals surface area contributed by atoms with Crippen molar-refractivity contribution in [2.24, 2.45) is 9.50 Å². The molecule has 1 heterocycles. The Morgan fingerprint density at radius 1 is 1.07 bits per heavy atom. The molecule has 0 aliphatic carbocycles. The Kier molecular flexibility index (Phi) is 5.24. The molecule has 0 amide bonds. The Morgan fingerprint density at radius 2 is 1.87 bits per heavy atom. The maximum Gasteiger partial charge on any atom is 0.283 e. The first kappa shape index (κ1) is 19.7. The van der Waals surface area contributed by atoms with Gasteiger partial charge in [0.2, 0.25) is 0 Å². The number of hydrazone groups is 1. The van der Waals surface area contributed by atoms with Crippen molar-refractivity contribution in [3.8, 4) is 22.6 Å². The number of aromatic hydroxyl groups is 1. The molecule has 1 aliphatic rings. The molecule has 0 saturated carbocycles. The van der Waals surface area contributed by atoms with Crippen molar-refractivity contribution in [3.63, 3.8) is 0 Å². The summed E-state index contributed by atoms with van der Waals surface area (Å²) in [6.45, 7) is 0.155. The second kappa shape index (κ2) is 8.00. The van der Waals surface area contributed by atoms with Crippen LogP contribution in [0.5, 0.6) is 11.5 Å². The lowest BCUT2D eigenvalue weighted by molar-refractivity contribution is 0.373. The lowest BCUT2D eigenvalue weighted by Crippen LogP contribution is -2.18. The van der Waals surface area contributed by atoms with E-state index in [1.165, 1.54) is 13.2 Å². The van der Waals surface area contributed by atoms with Crippen LogP contribution in [0.2, 0.25) is 0 Å². The minimum atomic E-state index is -3.74. The molecule has 0 bridgehead atoms. The molecule has 0 aromatic heterocycles. The van der Waals surface area contributed by atoms with Crippen LogP contribution in [0.3, 0.4) is 0 Å². The highest BCUT2D eigenvalue weighted by molar-refractivity contribution is 7.90. The van der Waals surface area contributed by atoms with Crippen LogP contribution in [-0.4, -0.2) is 39.1 Å². The van der Waals surface area contributed by atoms with Crippen LogP contribution in [0.25, 0.3) is 11.1 Å². The first-order valence-corrected chi connectivity index (χ1v) is 10.6. The summed E-state index contributed by atoms with van der Waals surface area (Å²) >= 11 is 0. The summed E-state index contributed by atoms with van der Waals surface area (Å²) in [6.07, 6.45) is 1.55. The number of fused-ring (bicyclic) bond motifs is 1. The molecule has 3 aromatic rings. The van der Waals surface area contributed by atoms with Crippen LogP contribution >= 0.6 is 0 Å². The number of hydrogen-bond donors (Lipinski definition) is 2. The van der Waals surface area contributed by atoms with E-state index in [0.29, 0.717) is 22.6 Å². The van der Waals surface area contributed by atoms with E-state index in [0.717, 1.165) is 11.1 Å². The van der Waals surface area contributed by atoms with Gasteiger partial charge in [-0.15, -0.1) is 0 Å². The van der Waals surface area contributed by atoms with E-state index in [1.807, 2.05) is 36.4 Å². The highest BCUT2D eigenvalue weighted by atomic mass is 32.2. The standard InChI is InChI=1S/C22H19N3O4S/c1-29-21-11-15(7-10-20(21)26)13-23-24-14-19-18-9-8-17(16-5-3-2-4-6-16)12-22(18)30(27,28)25-19/h2-13,24,26H,14H2,1H3/b23-13+. The Hall–Kier alpha value is -3.65. The van der Waals surface area contributed by atoms with Gasteiger partial charge in [0.05, 0.1) is 30.5 Å². The third-order valence-corrected chi connectivity index (χ3v) is 6.02. The zero-order valence-electron chi connectivity index (χ0n) is 16.1. The van der Waals surface area contributed by atoms with Gasteiger partial charge in [-0.1, -0.05) is 42.5 Å². The summed E-state index contributed by atoms with van der Waals surface area (Å²) in [7, 11) is -2.27.